The van der Waals surface area contributed by atoms with Gasteiger partial charge in [0.1, 0.15) is 0 Å². The zero-order valence-corrected chi connectivity index (χ0v) is 12.7. The van der Waals surface area contributed by atoms with Crippen LogP contribution in [0.4, 0.5) is 0 Å². The van der Waals surface area contributed by atoms with Gasteiger partial charge in [-0.3, -0.25) is 4.90 Å². The molecule has 1 N–H and O–H groups in total. The highest BCUT2D eigenvalue weighted by Gasteiger charge is 2.20. The van der Waals surface area contributed by atoms with Crippen molar-refractivity contribution in [2.24, 2.45) is 5.92 Å². The number of morpholine rings is 1. The Morgan fingerprint density at radius 1 is 1.33 bits per heavy atom. The molecule has 108 valence electrons. The quantitative estimate of drug-likeness (QED) is 0.675. The zero-order chi connectivity index (χ0) is 13.4. The van der Waals surface area contributed by atoms with E-state index in [1.807, 2.05) is 0 Å². The Morgan fingerprint density at radius 2 is 2.11 bits per heavy atom. The van der Waals surface area contributed by atoms with E-state index in [0.717, 1.165) is 32.2 Å². The summed E-state index contributed by atoms with van der Waals surface area (Å²) in [5.41, 5.74) is 0. The molecule has 0 aliphatic carbocycles. The molecule has 0 saturated carbocycles. The number of rotatable bonds is 8. The number of nitrogens with one attached hydrogen (secondary N) is 1. The predicted molar refractivity (Wildman–Crippen MR) is 78.0 cm³/mol. The summed E-state index contributed by atoms with van der Waals surface area (Å²) in [5.74, 6) is 0.811. The molecule has 1 fully saturated rings. The van der Waals surface area contributed by atoms with Crippen molar-refractivity contribution < 1.29 is 4.74 Å². The van der Waals surface area contributed by atoms with Crippen molar-refractivity contribution in [2.45, 2.75) is 59.1 Å². The first kappa shape index (κ1) is 15.9. The van der Waals surface area contributed by atoms with Gasteiger partial charge in [-0.2, -0.15) is 0 Å². The smallest absolute Gasteiger partial charge is 0.0703 e. The number of hydrogen-bond acceptors (Lipinski definition) is 3. The first-order chi connectivity index (χ1) is 8.61. The van der Waals surface area contributed by atoms with Crippen LogP contribution in [-0.4, -0.2) is 49.8 Å². The molecule has 0 aromatic carbocycles. The lowest BCUT2D eigenvalue weighted by Gasteiger charge is -2.34. The lowest BCUT2D eigenvalue weighted by Crippen LogP contribution is -2.44. The fourth-order valence-corrected chi connectivity index (χ4v) is 2.41. The minimum absolute atomic E-state index is 0.455. The Labute approximate surface area is 113 Å². The molecule has 0 radical (unpaired) electrons. The van der Waals surface area contributed by atoms with Crippen molar-refractivity contribution in [3.63, 3.8) is 0 Å². The molecule has 3 nitrogen and oxygen atoms in total. The van der Waals surface area contributed by atoms with Crippen LogP contribution in [0, 0.1) is 5.92 Å². The summed E-state index contributed by atoms with van der Waals surface area (Å²) in [6.45, 7) is 14.5. The van der Waals surface area contributed by atoms with Crippen LogP contribution >= 0.6 is 0 Å². The molecule has 0 aromatic rings. The first-order valence-electron chi connectivity index (χ1n) is 7.69. The van der Waals surface area contributed by atoms with Crippen LogP contribution in [0.1, 0.15) is 47.0 Å². The molecule has 18 heavy (non-hydrogen) atoms. The minimum Gasteiger partial charge on any atom is -0.376 e. The normalized spacial score (nSPS) is 23.5. The molecule has 1 aliphatic rings. The molecule has 2 atom stereocenters. The predicted octanol–water partition coefficient (Wildman–Crippen LogP) is 2.51. The fourth-order valence-electron chi connectivity index (χ4n) is 2.41. The molecule has 0 bridgehead atoms. The summed E-state index contributed by atoms with van der Waals surface area (Å²) < 4.78 is 5.86. The van der Waals surface area contributed by atoms with E-state index >= 15 is 0 Å². The monoisotopic (exact) mass is 256 g/mol. The summed E-state index contributed by atoms with van der Waals surface area (Å²) >= 11 is 0. The Bertz CT molecular complexity index is 209. The van der Waals surface area contributed by atoms with Crippen LogP contribution < -0.4 is 5.32 Å². The van der Waals surface area contributed by atoms with E-state index in [9.17, 15) is 0 Å². The van der Waals surface area contributed by atoms with Gasteiger partial charge in [-0.25, -0.2) is 0 Å². The molecule has 1 unspecified atom stereocenters. The van der Waals surface area contributed by atoms with Crippen molar-refractivity contribution in [3.05, 3.63) is 0 Å². The van der Waals surface area contributed by atoms with Gasteiger partial charge in [0.2, 0.25) is 0 Å². The van der Waals surface area contributed by atoms with Crippen LogP contribution in [0.25, 0.3) is 0 Å². The second-order valence-electron chi connectivity index (χ2n) is 6.02. The average molecular weight is 256 g/mol. The first-order valence-corrected chi connectivity index (χ1v) is 7.69. The second-order valence-corrected chi connectivity index (χ2v) is 6.02. The maximum Gasteiger partial charge on any atom is 0.0703 e. The molecule has 1 aliphatic heterocycles. The van der Waals surface area contributed by atoms with Crippen molar-refractivity contribution in [1.29, 1.82) is 0 Å². The third-order valence-electron chi connectivity index (χ3n) is 3.75. The van der Waals surface area contributed by atoms with Crippen LogP contribution in [0.15, 0.2) is 0 Å². The second kappa shape index (κ2) is 8.89. The summed E-state index contributed by atoms with van der Waals surface area (Å²) in [5, 5.41) is 3.47. The maximum atomic E-state index is 5.86. The highest BCUT2D eigenvalue weighted by atomic mass is 16.5. The van der Waals surface area contributed by atoms with E-state index in [4.69, 9.17) is 4.74 Å². The van der Waals surface area contributed by atoms with E-state index in [1.54, 1.807) is 0 Å². The van der Waals surface area contributed by atoms with Gasteiger partial charge in [-0.15, -0.1) is 0 Å². The van der Waals surface area contributed by atoms with Crippen LogP contribution in [0.3, 0.4) is 0 Å². The Morgan fingerprint density at radius 3 is 2.78 bits per heavy atom. The Balaban J connectivity index is 2.14. The van der Waals surface area contributed by atoms with Crippen LogP contribution in [0.2, 0.25) is 0 Å². The van der Waals surface area contributed by atoms with Crippen molar-refractivity contribution >= 4 is 0 Å². The van der Waals surface area contributed by atoms with E-state index in [2.05, 4.69) is 37.9 Å². The SMILES string of the molecule is CCC(C)CN1CCO[C@H](CCCNC(C)C)C1. The summed E-state index contributed by atoms with van der Waals surface area (Å²) in [7, 11) is 0. The topological polar surface area (TPSA) is 24.5 Å². The van der Waals surface area contributed by atoms with Crippen LogP contribution in [-0.2, 0) is 4.74 Å². The molecule has 1 heterocycles. The number of ether oxygens (including phenoxy) is 1. The molecule has 1 rings (SSSR count). The Hall–Kier alpha value is -0.120. The summed E-state index contributed by atoms with van der Waals surface area (Å²) in [4.78, 5) is 2.58. The lowest BCUT2D eigenvalue weighted by molar-refractivity contribution is -0.0364. The highest BCUT2D eigenvalue weighted by molar-refractivity contribution is 4.73. The third kappa shape index (κ3) is 6.72. The van der Waals surface area contributed by atoms with Gasteiger partial charge in [-0.1, -0.05) is 34.1 Å². The van der Waals surface area contributed by atoms with E-state index in [0.29, 0.717) is 12.1 Å². The van der Waals surface area contributed by atoms with Crippen molar-refractivity contribution in [3.8, 4) is 0 Å². The van der Waals surface area contributed by atoms with E-state index in [-0.39, 0.29) is 0 Å². The molecule has 0 aromatic heterocycles. The van der Waals surface area contributed by atoms with Gasteiger partial charge < -0.3 is 10.1 Å². The molecular weight excluding hydrogens is 224 g/mol. The van der Waals surface area contributed by atoms with Gasteiger partial charge in [-0.05, 0) is 25.3 Å². The van der Waals surface area contributed by atoms with Gasteiger partial charge in [0.25, 0.3) is 0 Å². The number of hydrogen-bond donors (Lipinski definition) is 1. The number of nitrogens with zero attached hydrogens (tertiary/aromatic N) is 1. The van der Waals surface area contributed by atoms with Crippen LogP contribution in [0.5, 0.6) is 0 Å². The molecule has 1 saturated heterocycles. The molecule has 0 spiro atoms. The molecular formula is C15H32N2O. The van der Waals surface area contributed by atoms with E-state index in [1.165, 1.54) is 25.8 Å². The van der Waals surface area contributed by atoms with E-state index < -0.39 is 0 Å². The standard InChI is InChI=1S/C15H32N2O/c1-5-14(4)11-17-9-10-18-15(12-17)7-6-8-16-13(2)3/h13-16H,5-12H2,1-4H3/t14?,15-/m1/s1. The van der Waals surface area contributed by atoms with Crippen molar-refractivity contribution in [2.75, 3.05) is 32.8 Å². The Kier molecular flexibility index (Phi) is 7.87. The third-order valence-corrected chi connectivity index (χ3v) is 3.75. The maximum absolute atomic E-state index is 5.86. The van der Waals surface area contributed by atoms with Gasteiger partial charge in [0.05, 0.1) is 12.7 Å². The average Bonchev–Trinajstić information content (AvgIpc) is 2.35. The summed E-state index contributed by atoms with van der Waals surface area (Å²) in [6, 6.07) is 0.596. The largest absolute Gasteiger partial charge is 0.376 e. The highest BCUT2D eigenvalue weighted by Crippen LogP contribution is 2.13. The molecule has 3 heteroatoms. The summed E-state index contributed by atoms with van der Waals surface area (Å²) in [6.07, 6.45) is 4.15. The van der Waals surface area contributed by atoms with Gasteiger partial charge >= 0.3 is 0 Å². The van der Waals surface area contributed by atoms with Crippen molar-refractivity contribution in [1.82, 2.24) is 10.2 Å². The fraction of sp³-hybridized carbons (Fsp3) is 1.00. The van der Waals surface area contributed by atoms with Gasteiger partial charge in [0, 0.05) is 25.7 Å². The molecule has 0 amide bonds. The van der Waals surface area contributed by atoms with Gasteiger partial charge in [0.15, 0.2) is 0 Å². The minimum atomic E-state index is 0.455. The zero-order valence-electron chi connectivity index (χ0n) is 12.7. The lowest BCUT2D eigenvalue weighted by atomic mass is 10.1.